The van der Waals surface area contributed by atoms with Gasteiger partial charge in [0.05, 0.1) is 26.4 Å². The highest BCUT2D eigenvalue weighted by Gasteiger charge is 2.22. The van der Waals surface area contributed by atoms with Crippen molar-refractivity contribution in [3.63, 3.8) is 0 Å². The fourth-order valence-electron chi connectivity index (χ4n) is 0.552. The van der Waals surface area contributed by atoms with E-state index in [0.29, 0.717) is 6.61 Å². The van der Waals surface area contributed by atoms with Gasteiger partial charge in [-0.25, -0.2) is 0 Å². The van der Waals surface area contributed by atoms with Gasteiger partial charge in [-0.1, -0.05) is 0 Å². The van der Waals surface area contributed by atoms with Gasteiger partial charge in [0.15, 0.2) is 0 Å². The van der Waals surface area contributed by atoms with Crippen molar-refractivity contribution in [2.45, 2.75) is 12.2 Å². The molecule has 0 amide bonds. The van der Waals surface area contributed by atoms with Crippen LogP contribution in [0.5, 0.6) is 0 Å². The fraction of sp³-hybridized carbons (Fsp3) is 1.00. The Balaban J connectivity index is 1.83. The summed E-state index contributed by atoms with van der Waals surface area (Å²) in [6.45, 7) is 1.23. The highest BCUT2D eigenvalue weighted by atomic mass is 16.6. The third-order valence-corrected chi connectivity index (χ3v) is 1.23. The molecule has 0 aliphatic carbocycles. The molecule has 0 bridgehead atoms. The summed E-state index contributed by atoms with van der Waals surface area (Å²) in [5, 5.41) is 17.1. The zero-order valence-electron chi connectivity index (χ0n) is 5.69. The van der Waals surface area contributed by atoms with Crippen molar-refractivity contribution in [2.24, 2.45) is 0 Å². The van der Waals surface area contributed by atoms with Gasteiger partial charge in [0.25, 0.3) is 0 Å². The Bertz CT molecular complexity index is 91.7. The third-order valence-electron chi connectivity index (χ3n) is 1.23. The average molecular weight is 148 g/mol. The predicted molar refractivity (Wildman–Crippen MR) is 33.7 cm³/mol. The van der Waals surface area contributed by atoms with E-state index in [1.807, 2.05) is 0 Å². The van der Waals surface area contributed by atoms with Gasteiger partial charge in [0.2, 0.25) is 0 Å². The highest BCUT2D eigenvalue weighted by molar-refractivity contribution is 4.67. The van der Waals surface area contributed by atoms with Crippen molar-refractivity contribution in [2.75, 3.05) is 26.4 Å². The van der Waals surface area contributed by atoms with Crippen LogP contribution in [0.1, 0.15) is 0 Å². The van der Waals surface area contributed by atoms with E-state index in [4.69, 9.17) is 19.7 Å². The van der Waals surface area contributed by atoms with Crippen LogP contribution in [0.3, 0.4) is 0 Å². The summed E-state index contributed by atoms with van der Waals surface area (Å²) in [5.41, 5.74) is 0. The van der Waals surface area contributed by atoms with Gasteiger partial charge in [-0.05, 0) is 0 Å². The van der Waals surface area contributed by atoms with Crippen molar-refractivity contribution in [3.8, 4) is 0 Å². The van der Waals surface area contributed by atoms with Crippen LogP contribution in [0.4, 0.5) is 0 Å². The molecule has 1 heterocycles. The van der Waals surface area contributed by atoms with E-state index in [9.17, 15) is 0 Å². The molecule has 1 aliphatic rings. The highest BCUT2D eigenvalue weighted by Crippen LogP contribution is 2.08. The van der Waals surface area contributed by atoms with Crippen molar-refractivity contribution < 1.29 is 19.7 Å². The summed E-state index contributed by atoms with van der Waals surface area (Å²) in [6, 6.07) is 0. The first-order chi connectivity index (χ1) is 4.83. The van der Waals surface area contributed by atoms with E-state index in [2.05, 4.69) is 0 Å². The second-order valence-electron chi connectivity index (χ2n) is 2.33. The first-order valence-electron chi connectivity index (χ1n) is 3.31. The maximum atomic E-state index is 8.78. The molecule has 1 saturated heterocycles. The standard InChI is InChI=1S/C6H12O4/c7-1-5(8)2-9-3-6-4-10-6/h5-8H,1-4H2/t5-,6+/m0/s1. The van der Waals surface area contributed by atoms with Gasteiger partial charge >= 0.3 is 0 Å². The van der Waals surface area contributed by atoms with E-state index >= 15 is 0 Å². The molecule has 60 valence electrons. The van der Waals surface area contributed by atoms with Crippen LogP contribution in [0.2, 0.25) is 0 Å². The van der Waals surface area contributed by atoms with Crippen LogP contribution >= 0.6 is 0 Å². The molecule has 2 N–H and O–H groups in total. The van der Waals surface area contributed by atoms with E-state index in [1.54, 1.807) is 0 Å². The quantitative estimate of drug-likeness (QED) is 0.478. The molecule has 0 aromatic carbocycles. The van der Waals surface area contributed by atoms with Crippen LogP contribution in [0.25, 0.3) is 0 Å². The third kappa shape index (κ3) is 3.12. The van der Waals surface area contributed by atoms with Crippen LogP contribution in [-0.2, 0) is 9.47 Å². The fourth-order valence-corrected chi connectivity index (χ4v) is 0.552. The number of hydrogen-bond donors (Lipinski definition) is 2. The predicted octanol–water partition coefficient (Wildman–Crippen LogP) is -1.24. The summed E-state index contributed by atoms with van der Waals surface area (Å²) in [5.74, 6) is 0. The van der Waals surface area contributed by atoms with E-state index in [0.717, 1.165) is 6.61 Å². The SMILES string of the molecule is OC[C@H](O)COC[C@@H]1CO1. The molecule has 1 aliphatic heterocycles. The molecule has 0 aromatic heterocycles. The molecule has 1 fully saturated rings. The number of ether oxygens (including phenoxy) is 2. The largest absolute Gasteiger partial charge is 0.394 e. The summed E-state index contributed by atoms with van der Waals surface area (Å²) in [7, 11) is 0. The summed E-state index contributed by atoms with van der Waals surface area (Å²) in [6.07, 6.45) is -0.523. The minimum Gasteiger partial charge on any atom is -0.394 e. The maximum absolute atomic E-state index is 8.78. The monoisotopic (exact) mass is 148 g/mol. The van der Waals surface area contributed by atoms with Gasteiger partial charge in [0, 0.05) is 0 Å². The van der Waals surface area contributed by atoms with Gasteiger partial charge in [0.1, 0.15) is 12.2 Å². The molecule has 2 atom stereocenters. The van der Waals surface area contributed by atoms with Crippen LogP contribution < -0.4 is 0 Å². The summed E-state index contributed by atoms with van der Waals surface area (Å²) >= 11 is 0. The van der Waals surface area contributed by atoms with E-state index in [-0.39, 0.29) is 19.3 Å². The molecule has 0 saturated carbocycles. The van der Waals surface area contributed by atoms with Crippen LogP contribution in [-0.4, -0.2) is 48.8 Å². The molecule has 4 nitrogen and oxygen atoms in total. The number of aliphatic hydroxyl groups excluding tert-OH is 2. The number of rotatable bonds is 5. The molecule has 4 heteroatoms. The molecule has 0 aromatic rings. The second kappa shape index (κ2) is 3.88. The second-order valence-corrected chi connectivity index (χ2v) is 2.33. The summed E-state index contributed by atoms with van der Waals surface area (Å²) < 4.78 is 9.83. The smallest absolute Gasteiger partial charge is 0.104 e. The van der Waals surface area contributed by atoms with E-state index in [1.165, 1.54) is 0 Å². The first-order valence-corrected chi connectivity index (χ1v) is 3.31. The van der Waals surface area contributed by atoms with Crippen molar-refractivity contribution in [3.05, 3.63) is 0 Å². The molecule has 10 heavy (non-hydrogen) atoms. The minimum atomic E-state index is -0.751. The van der Waals surface area contributed by atoms with Crippen molar-refractivity contribution >= 4 is 0 Å². The lowest BCUT2D eigenvalue weighted by atomic mass is 10.4. The molecular weight excluding hydrogens is 136 g/mol. The Morgan fingerprint density at radius 2 is 2.40 bits per heavy atom. The molecular formula is C6H12O4. The Labute approximate surface area is 59.4 Å². The van der Waals surface area contributed by atoms with Gasteiger partial charge < -0.3 is 19.7 Å². The van der Waals surface area contributed by atoms with Crippen LogP contribution in [0, 0.1) is 0 Å². The average Bonchev–Trinajstić information content (AvgIpc) is 2.71. The number of aliphatic hydroxyl groups is 2. The first kappa shape index (κ1) is 7.94. The molecule has 1 rings (SSSR count). The Kier molecular flexibility index (Phi) is 3.08. The lowest BCUT2D eigenvalue weighted by Gasteiger charge is -2.05. The lowest BCUT2D eigenvalue weighted by Crippen LogP contribution is -2.20. The topological polar surface area (TPSA) is 62.2 Å². The normalized spacial score (nSPS) is 26.4. The van der Waals surface area contributed by atoms with Gasteiger partial charge in [-0.2, -0.15) is 0 Å². The van der Waals surface area contributed by atoms with Gasteiger partial charge in [-0.15, -0.1) is 0 Å². The van der Waals surface area contributed by atoms with Crippen LogP contribution in [0.15, 0.2) is 0 Å². The lowest BCUT2D eigenvalue weighted by molar-refractivity contribution is 0.00216. The Hall–Kier alpha value is -0.160. The molecule has 0 radical (unpaired) electrons. The Morgan fingerprint density at radius 1 is 1.70 bits per heavy atom. The van der Waals surface area contributed by atoms with Crippen molar-refractivity contribution in [1.82, 2.24) is 0 Å². The Morgan fingerprint density at radius 3 is 2.90 bits per heavy atom. The zero-order chi connectivity index (χ0) is 7.40. The summed E-state index contributed by atoms with van der Waals surface area (Å²) in [4.78, 5) is 0. The maximum Gasteiger partial charge on any atom is 0.104 e. The molecule has 0 spiro atoms. The van der Waals surface area contributed by atoms with Crippen molar-refractivity contribution in [1.29, 1.82) is 0 Å². The minimum absolute atomic E-state index is 0.191. The number of hydrogen-bond acceptors (Lipinski definition) is 4. The zero-order valence-corrected chi connectivity index (χ0v) is 5.69. The van der Waals surface area contributed by atoms with Gasteiger partial charge in [-0.3, -0.25) is 0 Å². The van der Waals surface area contributed by atoms with E-state index < -0.39 is 6.10 Å². The molecule has 0 unspecified atom stereocenters. The number of epoxide rings is 1.